The number of amides is 2. The predicted octanol–water partition coefficient (Wildman–Crippen LogP) is 5.28. The van der Waals surface area contributed by atoms with Crippen LogP contribution >= 0.6 is 23.2 Å². The van der Waals surface area contributed by atoms with Crippen LogP contribution in [0.4, 0.5) is 5.69 Å². The van der Waals surface area contributed by atoms with Crippen LogP contribution in [-0.2, 0) is 11.4 Å². The molecule has 0 bridgehead atoms. The summed E-state index contributed by atoms with van der Waals surface area (Å²) in [5.41, 5.74) is 1.83. The highest BCUT2D eigenvalue weighted by Gasteiger charge is 2.17. The number of carbonyl (C=O) groups is 2. The first-order valence-corrected chi connectivity index (χ1v) is 9.96. The lowest BCUT2D eigenvalue weighted by Gasteiger charge is -2.18. The maximum absolute atomic E-state index is 12.6. The zero-order chi connectivity index (χ0) is 21.5. The Morgan fingerprint density at radius 1 is 0.900 bits per heavy atom. The second kappa shape index (κ2) is 10.1. The number of halogens is 2. The summed E-state index contributed by atoms with van der Waals surface area (Å²) in [5, 5.41) is 3.30. The highest BCUT2D eigenvalue weighted by atomic mass is 35.5. The lowest BCUT2D eigenvalue weighted by molar-refractivity contribution is -0.116. The van der Waals surface area contributed by atoms with E-state index in [1.54, 1.807) is 49.5 Å². The molecule has 0 heterocycles. The van der Waals surface area contributed by atoms with Crippen molar-refractivity contribution in [2.45, 2.75) is 6.61 Å². The maximum Gasteiger partial charge on any atom is 0.254 e. The van der Waals surface area contributed by atoms with Gasteiger partial charge in [0.05, 0.1) is 22.3 Å². The van der Waals surface area contributed by atoms with Gasteiger partial charge in [-0.2, -0.15) is 0 Å². The molecule has 154 valence electrons. The molecule has 0 aliphatic rings. The van der Waals surface area contributed by atoms with E-state index in [-0.39, 0.29) is 12.5 Å². The minimum Gasteiger partial charge on any atom is -0.489 e. The average molecular weight is 443 g/mol. The maximum atomic E-state index is 12.6. The fraction of sp³-hybridized carbons (Fsp3) is 0.130. The van der Waals surface area contributed by atoms with E-state index >= 15 is 0 Å². The summed E-state index contributed by atoms with van der Waals surface area (Å²) in [6.45, 7) is 0.297. The molecule has 0 aliphatic heterocycles. The van der Waals surface area contributed by atoms with Gasteiger partial charge < -0.3 is 15.0 Å². The summed E-state index contributed by atoms with van der Waals surface area (Å²) in [6, 6.07) is 21.5. The number of benzene rings is 3. The number of hydrogen-bond donors (Lipinski definition) is 1. The van der Waals surface area contributed by atoms with Gasteiger partial charge in [0.15, 0.2) is 0 Å². The van der Waals surface area contributed by atoms with Crippen molar-refractivity contribution >= 4 is 40.7 Å². The van der Waals surface area contributed by atoms with Gasteiger partial charge in [-0.25, -0.2) is 0 Å². The first-order valence-electron chi connectivity index (χ1n) is 9.20. The summed E-state index contributed by atoms with van der Waals surface area (Å²) in [5.74, 6) is -0.0298. The molecular weight excluding hydrogens is 423 g/mol. The minimum absolute atomic E-state index is 0.146. The summed E-state index contributed by atoms with van der Waals surface area (Å²) in [7, 11) is 1.55. The fourth-order valence-corrected chi connectivity index (χ4v) is 3.23. The molecule has 3 rings (SSSR count). The highest BCUT2D eigenvalue weighted by Crippen LogP contribution is 2.29. The summed E-state index contributed by atoms with van der Waals surface area (Å²) in [6.07, 6.45) is 0. The Hall–Kier alpha value is -3.02. The standard InChI is InChI=1S/C23H20Cl2N2O3/c1-27(14-21(28)26-22-19(24)8-5-9-20(22)25)23(29)17-10-12-18(13-11-17)30-15-16-6-3-2-4-7-16/h2-13H,14-15H2,1H3,(H,26,28). The average Bonchev–Trinajstić information content (AvgIpc) is 2.75. The van der Waals surface area contributed by atoms with Gasteiger partial charge in [0.25, 0.3) is 5.91 Å². The van der Waals surface area contributed by atoms with E-state index in [9.17, 15) is 9.59 Å². The van der Waals surface area contributed by atoms with E-state index in [1.807, 2.05) is 30.3 Å². The van der Waals surface area contributed by atoms with Crippen molar-refractivity contribution in [1.29, 1.82) is 0 Å². The molecule has 5 nitrogen and oxygen atoms in total. The number of para-hydroxylation sites is 1. The molecule has 0 fully saturated rings. The Labute approximate surface area is 185 Å². The third-order valence-electron chi connectivity index (χ3n) is 4.30. The van der Waals surface area contributed by atoms with E-state index in [4.69, 9.17) is 27.9 Å². The van der Waals surface area contributed by atoms with Gasteiger partial charge in [0, 0.05) is 12.6 Å². The molecule has 3 aromatic rings. The van der Waals surface area contributed by atoms with Crippen molar-refractivity contribution in [2.24, 2.45) is 0 Å². The summed E-state index contributed by atoms with van der Waals surface area (Å²) in [4.78, 5) is 26.2. The van der Waals surface area contributed by atoms with Crippen molar-refractivity contribution in [3.63, 3.8) is 0 Å². The van der Waals surface area contributed by atoms with Gasteiger partial charge in [0.2, 0.25) is 5.91 Å². The first kappa shape index (κ1) is 21.7. The van der Waals surface area contributed by atoms with Gasteiger partial charge in [0.1, 0.15) is 12.4 Å². The Kier molecular flexibility index (Phi) is 7.33. The van der Waals surface area contributed by atoms with Crippen LogP contribution in [0.25, 0.3) is 0 Å². The number of hydrogen-bond acceptors (Lipinski definition) is 3. The van der Waals surface area contributed by atoms with E-state index < -0.39 is 5.91 Å². The number of nitrogens with zero attached hydrogens (tertiary/aromatic N) is 1. The zero-order valence-corrected chi connectivity index (χ0v) is 17.8. The van der Waals surface area contributed by atoms with Gasteiger partial charge in [-0.1, -0.05) is 59.6 Å². The van der Waals surface area contributed by atoms with Crippen LogP contribution < -0.4 is 10.1 Å². The molecule has 0 aromatic heterocycles. The number of likely N-dealkylation sites (N-methyl/N-ethyl adjacent to an activating group) is 1. The molecule has 2 amide bonds. The third kappa shape index (κ3) is 5.75. The van der Waals surface area contributed by atoms with E-state index in [2.05, 4.69) is 5.32 Å². The topological polar surface area (TPSA) is 58.6 Å². The molecular formula is C23H20Cl2N2O3. The molecule has 0 saturated carbocycles. The lowest BCUT2D eigenvalue weighted by atomic mass is 10.2. The van der Waals surface area contributed by atoms with E-state index in [0.29, 0.717) is 33.7 Å². The van der Waals surface area contributed by atoms with Crippen molar-refractivity contribution in [2.75, 3.05) is 18.9 Å². The van der Waals surface area contributed by atoms with Crippen LogP contribution in [0.2, 0.25) is 10.0 Å². The zero-order valence-electron chi connectivity index (χ0n) is 16.3. The molecule has 0 radical (unpaired) electrons. The number of carbonyl (C=O) groups excluding carboxylic acids is 2. The second-order valence-corrected chi connectivity index (χ2v) is 7.42. The SMILES string of the molecule is CN(CC(=O)Nc1c(Cl)cccc1Cl)C(=O)c1ccc(OCc2ccccc2)cc1. The van der Waals surface area contributed by atoms with Crippen LogP contribution in [0, 0.1) is 0 Å². The number of anilines is 1. The Bertz CT molecular complexity index is 1000. The molecule has 7 heteroatoms. The second-order valence-electron chi connectivity index (χ2n) is 6.60. The molecule has 0 atom stereocenters. The Balaban J connectivity index is 1.55. The first-order chi connectivity index (χ1) is 14.4. The summed E-state index contributed by atoms with van der Waals surface area (Å²) >= 11 is 12.1. The molecule has 3 aromatic carbocycles. The number of rotatable bonds is 7. The minimum atomic E-state index is -0.399. The smallest absolute Gasteiger partial charge is 0.254 e. The molecule has 0 unspecified atom stereocenters. The van der Waals surface area contributed by atoms with Crippen LogP contribution in [-0.4, -0.2) is 30.3 Å². The molecule has 0 spiro atoms. The fourth-order valence-electron chi connectivity index (χ4n) is 2.74. The van der Waals surface area contributed by atoms with Crippen molar-refractivity contribution in [3.05, 3.63) is 94.0 Å². The van der Waals surface area contributed by atoms with Gasteiger partial charge in [-0.3, -0.25) is 9.59 Å². The normalized spacial score (nSPS) is 10.4. The molecule has 30 heavy (non-hydrogen) atoms. The summed E-state index contributed by atoms with van der Waals surface area (Å²) < 4.78 is 5.73. The Morgan fingerprint density at radius 2 is 1.53 bits per heavy atom. The van der Waals surface area contributed by atoms with Gasteiger partial charge in [-0.15, -0.1) is 0 Å². The van der Waals surface area contributed by atoms with Crippen LogP contribution in [0.15, 0.2) is 72.8 Å². The van der Waals surface area contributed by atoms with Crippen molar-refractivity contribution < 1.29 is 14.3 Å². The molecule has 0 aliphatic carbocycles. The van der Waals surface area contributed by atoms with E-state index in [1.165, 1.54) is 4.90 Å². The van der Waals surface area contributed by atoms with Gasteiger partial charge in [-0.05, 0) is 42.0 Å². The van der Waals surface area contributed by atoms with Crippen LogP contribution in [0.5, 0.6) is 5.75 Å². The highest BCUT2D eigenvalue weighted by molar-refractivity contribution is 6.39. The van der Waals surface area contributed by atoms with E-state index in [0.717, 1.165) is 5.56 Å². The largest absolute Gasteiger partial charge is 0.489 e. The molecule has 0 saturated heterocycles. The molecule has 1 N–H and O–H groups in total. The van der Waals surface area contributed by atoms with Crippen LogP contribution in [0.1, 0.15) is 15.9 Å². The quantitative estimate of drug-likeness (QED) is 0.541. The monoisotopic (exact) mass is 442 g/mol. The number of ether oxygens (including phenoxy) is 1. The number of nitrogens with one attached hydrogen (secondary N) is 1. The van der Waals surface area contributed by atoms with Crippen molar-refractivity contribution in [3.8, 4) is 5.75 Å². The Morgan fingerprint density at radius 3 is 2.17 bits per heavy atom. The lowest BCUT2D eigenvalue weighted by Crippen LogP contribution is -2.35. The van der Waals surface area contributed by atoms with Gasteiger partial charge >= 0.3 is 0 Å². The van der Waals surface area contributed by atoms with Crippen molar-refractivity contribution in [1.82, 2.24) is 4.90 Å². The van der Waals surface area contributed by atoms with Crippen LogP contribution in [0.3, 0.4) is 0 Å². The predicted molar refractivity (Wildman–Crippen MR) is 119 cm³/mol. The third-order valence-corrected chi connectivity index (χ3v) is 4.93.